The second kappa shape index (κ2) is 4.37. The fourth-order valence-electron chi connectivity index (χ4n) is 2.15. The molecule has 3 aromatic rings. The highest BCUT2D eigenvalue weighted by Crippen LogP contribution is 2.22. The van der Waals surface area contributed by atoms with Crippen LogP contribution in [0.2, 0.25) is 0 Å². The molecule has 2 heterocycles. The number of hydrogen-bond acceptors (Lipinski definition) is 5. The highest BCUT2D eigenvalue weighted by molar-refractivity contribution is 5.60. The molecule has 20 heavy (non-hydrogen) atoms. The number of non-ortho nitro benzene ring substituents is 1. The van der Waals surface area contributed by atoms with Crippen molar-refractivity contribution < 1.29 is 4.92 Å². The number of nitro benzene ring substituents is 1. The van der Waals surface area contributed by atoms with E-state index in [2.05, 4.69) is 15.2 Å². The number of aryl methyl sites for hydroxylation is 2. The van der Waals surface area contributed by atoms with Gasteiger partial charge in [-0.05, 0) is 32.0 Å². The summed E-state index contributed by atoms with van der Waals surface area (Å²) < 4.78 is 1.83. The maximum atomic E-state index is 10.7. The minimum Gasteiger partial charge on any atom is -0.264 e. The van der Waals surface area contributed by atoms with Crippen molar-refractivity contribution >= 4 is 11.5 Å². The molecule has 0 fully saturated rings. The van der Waals surface area contributed by atoms with Gasteiger partial charge in [0.05, 0.1) is 4.92 Å². The maximum absolute atomic E-state index is 10.7. The number of nitrogens with zero attached hydrogens (tertiary/aromatic N) is 5. The van der Waals surface area contributed by atoms with Crippen LogP contribution in [0.1, 0.15) is 11.4 Å². The zero-order valence-electron chi connectivity index (χ0n) is 10.9. The van der Waals surface area contributed by atoms with Crippen LogP contribution in [0.15, 0.2) is 30.3 Å². The van der Waals surface area contributed by atoms with Crippen LogP contribution in [-0.4, -0.2) is 24.5 Å². The summed E-state index contributed by atoms with van der Waals surface area (Å²) >= 11 is 0. The van der Waals surface area contributed by atoms with Crippen LogP contribution < -0.4 is 0 Å². The maximum Gasteiger partial charge on any atom is 0.269 e. The summed E-state index contributed by atoms with van der Waals surface area (Å²) in [4.78, 5) is 14.5. The van der Waals surface area contributed by atoms with Gasteiger partial charge < -0.3 is 0 Å². The van der Waals surface area contributed by atoms with E-state index in [0.717, 1.165) is 17.0 Å². The van der Waals surface area contributed by atoms with Crippen LogP contribution in [-0.2, 0) is 0 Å². The Hall–Kier alpha value is -2.83. The summed E-state index contributed by atoms with van der Waals surface area (Å²) in [5.74, 6) is 1.15. The Morgan fingerprint density at radius 1 is 1.15 bits per heavy atom. The van der Waals surface area contributed by atoms with E-state index < -0.39 is 4.92 Å². The van der Waals surface area contributed by atoms with Crippen molar-refractivity contribution in [3.05, 3.63) is 51.8 Å². The van der Waals surface area contributed by atoms with Crippen molar-refractivity contribution in [2.75, 3.05) is 0 Å². The summed E-state index contributed by atoms with van der Waals surface area (Å²) in [5, 5.41) is 18.8. The summed E-state index contributed by atoms with van der Waals surface area (Å²) in [6.45, 7) is 3.84. The van der Waals surface area contributed by atoms with Crippen molar-refractivity contribution in [3.63, 3.8) is 0 Å². The lowest BCUT2D eigenvalue weighted by molar-refractivity contribution is -0.384. The molecule has 1 aromatic carbocycles. The summed E-state index contributed by atoms with van der Waals surface area (Å²) in [5.41, 5.74) is 2.65. The van der Waals surface area contributed by atoms with Crippen LogP contribution in [0, 0.1) is 24.0 Å². The molecule has 7 nitrogen and oxygen atoms in total. The van der Waals surface area contributed by atoms with Gasteiger partial charge in [0.15, 0.2) is 5.82 Å². The average Bonchev–Trinajstić information content (AvgIpc) is 2.82. The molecule has 0 saturated heterocycles. The van der Waals surface area contributed by atoms with E-state index in [1.54, 1.807) is 12.1 Å². The van der Waals surface area contributed by atoms with Gasteiger partial charge in [-0.2, -0.15) is 0 Å². The fraction of sp³-hybridized carbons (Fsp3) is 0.154. The lowest BCUT2D eigenvalue weighted by Crippen LogP contribution is -1.98. The number of nitro groups is 1. The van der Waals surface area contributed by atoms with Crippen molar-refractivity contribution in [2.45, 2.75) is 13.8 Å². The predicted molar refractivity (Wildman–Crippen MR) is 72.3 cm³/mol. The van der Waals surface area contributed by atoms with Gasteiger partial charge in [0.25, 0.3) is 11.5 Å². The molecule has 0 radical (unpaired) electrons. The summed E-state index contributed by atoms with van der Waals surface area (Å²) in [6, 6.07) is 8.16. The molecule has 7 heteroatoms. The van der Waals surface area contributed by atoms with Crippen molar-refractivity contribution in [1.29, 1.82) is 0 Å². The fourth-order valence-corrected chi connectivity index (χ4v) is 2.15. The molecule has 0 amide bonds. The molecule has 0 N–H and O–H groups in total. The van der Waals surface area contributed by atoms with E-state index >= 15 is 0 Å². The van der Waals surface area contributed by atoms with Gasteiger partial charge in [-0.15, -0.1) is 10.2 Å². The van der Waals surface area contributed by atoms with Gasteiger partial charge in [0.1, 0.15) is 0 Å². The topological polar surface area (TPSA) is 86.2 Å². The Morgan fingerprint density at radius 3 is 2.50 bits per heavy atom. The first kappa shape index (κ1) is 12.2. The van der Waals surface area contributed by atoms with Gasteiger partial charge in [-0.25, -0.2) is 4.98 Å². The summed E-state index contributed by atoms with van der Waals surface area (Å²) in [6.07, 6.45) is 0. The lowest BCUT2D eigenvalue weighted by Gasteiger charge is -2.04. The normalized spacial score (nSPS) is 10.9. The zero-order valence-corrected chi connectivity index (χ0v) is 10.9. The largest absolute Gasteiger partial charge is 0.269 e. The van der Waals surface area contributed by atoms with Crippen molar-refractivity contribution in [2.24, 2.45) is 0 Å². The highest BCUT2D eigenvalue weighted by Gasteiger charge is 2.13. The van der Waals surface area contributed by atoms with E-state index in [9.17, 15) is 10.1 Å². The molecule has 100 valence electrons. The third-order valence-electron chi connectivity index (χ3n) is 3.03. The monoisotopic (exact) mass is 269 g/mol. The molecule has 0 unspecified atom stereocenters. The highest BCUT2D eigenvalue weighted by atomic mass is 16.6. The van der Waals surface area contributed by atoms with Crippen LogP contribution in [0.5, 0.6) is 0 Å². The quantitative estimate of drug-likeness (QED) is 0.526. The molecule has 0 saturated carbocycles. The molecule has 0 atom stereocenters. The Labute approximate surface area is 114 Å². The van der Waals surface area contributed by atoms with Crippen LogP contribution in [0.3, 0.4) is 0 Å². The van der Waals surface area contributed by atoms with Gasteiger partial charge in [-0.3, -0.25) is 14.5 Å². The smallest absolute Gasteiger partial charge is 0.264 e. The van der Waals surface area contributed by atoms with Crippen LogP contribution in [0.4, 0.5) is 5.69 Å². The number of benzene rings is 1. The van der Waals surface area contributed by atoms with Gasteiger partial charge in [-0.1, -0.05) is 0 Å². The number of hydrogen-bond donors (Lipinski definition) is 0. The van der Waals surface area contributed by atoms with E-state index in [-0.39, 0.29) is 5.69 Å². The van der Waals surface area contributed by atoms with Gasteiger partial charge in [0, 0.05) is 29.1 Å². The second-order valence-electron chi connectivity index (χ2n) is 4.50. The Balaban J connectivity index is 2.17. The minimum atomic E-state index is -0.429. The number of fused-ring (bicyclic) bond motifs is 1. The van der Waals surface area contributed by atoms with E-state index in [0.29, 0.717) is 11.6 Å². The van der Waals surface area contributed by atoms with Crippen LogP contribution in [0.25, 0.3) is 17.2 Å². The molecule has 0 aliphatic rings. The second-order valence-corrected chi connectivity index (χ2v) is 4.50. The third kappa shape index (κ3) is 1.89. The van der Waals surface area contributed by atoms with Gasteiger partial charge in [0.2, 0.25) is 0 Å². The zero-order chi connectivity index (χ0) is 14.3. The molecule has 0 spiro atoms. The Kier molecular flexibility index (Phi) is 2.67. The van der Waals surface area contributed by atoms with E-state index in [1.165, 1.54) is 12.1 Å². The standard InChI is InChI=1S/C13H11N5O2/c1-8-7-9(2)17-12(15-16-13(17)14-8)10-3-5-11(6-4-10)18(19)20/h3-7H,1-2H3. The molecule has 2 aromatic heterocycles. The molecular formula is C13H11N5O2. The molecule has 3 rings (SSSR count). The first-order valence-corrected chi connectivity index (χ1v) is 6.00. The first-order valence-electron chi connectivity index (χ1n) is 6.00. The molecule has 0 bridgehead atoms. The number of rotatable bonds is 2. The Morgan fingerprint density at radius 2 is 1.85 bits per heavy atom. The average molecular weight is 269 g/mol. The SMILES string of the molecule is Cc1cc(C)n2c(-c3ccc([N+](=O)[O-])cc3)nnc2n1. The van der Waals surface area contributed by atoms with E-state index in [1.807, 2.05) is 24.3 Å². The number of aromatic nitrogens is 4. The van der Waals surface area contributed by atoms with Gasteiger partial charge >= 0.3 is 0 Å². The first-order chi connectivity index (χ1) is 9.56. The third-order valence-corrected chi connectivity index (χ3v) is 3.03. The molecular weight excluding hydrogens is 258 g/mol. The van der Waals surface area contributed by atoms with Crippen molar-refractivity contribution in [3.8, 4) is 11.4 Å². The van der Waals surface area contributed by atoms with Crippen molar-refractivity contribution in [1.82, 2.24) is 19.6 Å². The Bertz CT molecular complexity index is 807. The minimum absolute atomic E-state index is 0.0493. The predicted octanol–water partition coefficient (Wildman–Crippen LogP) is 2.32. The lowest BCUT2D eigenvalue weighted by atomic mass is 10.2. The molecule has 0 aliphatic heterocycles. The molecule has 0 aliphatic carbocycles. The van der Waals surface area contributed by atoms with Crippen LogP contribution >= 0.6 is 0 Å². The van der Waals surface area contributed by atoms with E-state index in [4.69, 9.17) is 0 Å². The summed E-state index contributed by atoms with van der Waals surface area (Å²) in [7, 11) is 0.